The van der Waals surface area contributed by atoms with Gasteiger partial charge in [-0.3, -0.25) is 0 Å². The Balaban J connectivity index is 2.23. The van der Waals surface area contributed by atoms with Crippen LogP contribution in [-0.4, -0.2) is 23.9 Å². The Kier molecular flexibility index (Phi) is 4.71. The lowest BCUT2D eigenvalue weighted by molar-refractivity contribution is 0.188. The summed E-state index contributed by atoms with van der Waals surface area (Å²) in [6.07, 6.45) is 1.44. The maximum Gasteiger partial charge on any atom is 0.123 e. The normalized spacial score (nSPS) is 14.5. The average molecular weight is 227 g/mol. The second-order valence-corrected chi connectivity index (χ2v) is 4.22. The summed E-state index contributed by atoms with van der Waals surface area (Å²) in [7, 11) is 0. The minimum Gasteiger partial charge on any atom is -0.494 e. The number of nitrogens with two attached hydrogens (primary N) is 1. The van der Waals surface area contributed by atoms with Crippen molar-refractivity contribution in [3.63, 3.8) is 0 Å². The Morgan fingerprint density at radius 2 is 2.00 bits per heavy atom. The van der Waals surface area contributed by atoms with E-state index < -0.39 is 5.54 Å². The number of aliphatic hydroxyl groups excluding tert-OH is 1. The minimum atomic E-state index is -0.549. The molecule has 3 nitrogen and oxygen atoms in total. The van der Waals surface area contributed by atoms with Gasteiger partial charge in [0.05, 0.1) is 13.2 Å². The van der Waals surface area contributed by atoms with E-state index in [0.717, 1.165) is 6.42 Å². The number of benzene rings is 1. The standard InChI is InChI=1S/C12H18FNO2/c1-12(14,9-15)7-2-8-16-11-5-3-10(13)4-6-11/h3-6,15H,2,7-9,14H2,1H3. The van der Waals surface area contributed by atoms with Crippen molar-refractivity contribution in [1.29, 1.82) is 0 Å². The van der Waals surface area contributed by atoms with Gasteiger partial charge in [-0.2, -0.15) is 0 Å². The molecule has 0 spiro atoms. The van der Waals surface area contributed by atoms with E-state index in [-0.39, 0.29) is 12.4 Å². The SMILES string of the molecule is CC(N)(CO)CCCOc1ccc(F)cc1. The van der Waals surface area contributed by atoms with Crippen LogP contribution < -0.4 is 10.5 Å². The predicted octanol–water partition coefficient (Wildman–Crippen LogP) is 1.69. The second-order valence-electron chi connectivity index (χ2n) is 4.22. The van der Waals surface area contributed by atoms with Gasteiger partial charge in [-0.15, -0.1) is 0 Å². The van der Waals surface area contributed by atoms with Gasteiger partial charge in [-0.1, -0.05) is 0 Å². The lowest BCUT2D eigenvalue weighted by atomic mass is 9.99. The van der Waals surface area contributed by atoms with E-state index in [4.69, 9.17) is 15.6 Å². The molecule has 0 heterocycles. The molecule has 0 bridgehead atoms. The van der Waals surface area contributed by atoms with Gasteiger partial charge in [-0.05, 0) is 44.0 Å². The number of aliphatic hydroxyl groups is 1. The molecule has 1 aromatic rings. The second kappa shape index (κ2) is 5.82. The van der Waals surface area contributed by atoms with Crippen LogP contribution in [0.15, 0.2) is 24.3 Å². The van der Waals surface area contributed by atoms with Gasteiger partial charge < -0.3 is 15.6 Å². The van der Waals surface area contributed by atoms with E-state index in [0.29, 0.717) is 18.8 Å². The summed E-state index contributed by atoms with van der Waals surface area (Å²) < 4.78 is 18.0. The molecule has 0 fully saturated rings. The Morgan fingerprint density at radius 3 is 2.56 bits per heavy atom. The van der Waals surface area contributed by atoms with Crippen molar-refractivity contribution in [2.24, 2.45) is 5.73 Å². The summed E-state index contributed by atoms with van der Waals surface area (Å²) in [5.41, 5.74) is 5.21. The first-order chi connectivity index (χ1) is 7.53. The summed E-state index contributed by atoms with van der Waals surface area (Å²) in [5.74, 6) is 0.367. The maximum atomic E-state index is 12.6. The van der Waals surface area contributed by atoms with E-state index in [9.17, 15) is 4.39 Å². The Hall–Kier alpha value is -1.13. The number of ether oxygens (including phenoxy) is 1. The molecule has 0 aliphatic rings. The summed E-state index contributed by atoms with van der Waals surface area (Å²) in [6, 6.07) is 5.89. The van der Waals surface area contributed by atoms with Crippen LogP contribution in [0, 0.1) is 5.82 Å². The monoisotopic (exact) mass is 227 g/mol. The third kappa shape index (κ3) is 4.59. The van der Waals surface area contributed by atoms with Crippen LogP contribution in [0.5, 0.6) is 5.75 Å². The fourth-order valence-corrected chi connectivity index (χ4v) is 1.28. The predicted molar refractivity (Wildman–Crippen MR) is 60.8 cm³/mol. The molecule has 0 radical (unpaired) electrons. The summed E-state index contributed by atoms with van der Waals surface area (Å²) in [6.45, 7) is 2.27. The summed E-state index contributed by atoms with van der Waals surface area (Å²) in [5, 5.41) is 8.93. The zero-order valence-electron chi connectivity index (χ0n) is 9.45. The van der Waals surface area contributed by atoms with Crippen LogP contribution in [0.2, 0.25) is 0 Å². The number of halogens is 1. The van der Waals surface area contributed by atoms with Crippen molar-refractivity contribution >= 4 is 0 Å². The average Bonchev–Trinajstić information content (AvgIpc) is 2.27. The molecule has 0 aliphatic carbocycles. The van der Waals surface area contributed by atoms with Crippen molar-refractivity contribution < 1.29 is 14.2 Å². The highest BCUT2D eigenvalue weighted by Gasteiger charge is 2.15. The molecule has 0 saturated carbocycles. The van der Waals surface area contributed by atoms with Crippen molar-refractivity contribution in [3.8, 4) is 5.75 Å². The van der Waals surface area contributed by atoms with Crippen LogP contribution in [0.25, 0.3) is 0 Å². The molecular formula is C12H18FNO2. The van der Waals surface area contributed by atoms with Crippen LogP contribution in [0.3, 0.4) is 0 Å². The first kappa shape index (κ1) is 12.9. The molecule has 3 N–H and O–H groups in total. The molecular weight excluding hydrogens is 209 g/mol. The quantitative estimate of drug-likeness (QED) is 0.727. The summed E-state index contributed by atoms with van der Waals surface area (Å²) in [4.78, 5) is 0. The van der Waals surface area contributed by atoms with Gasteiger partial charge in [-0.25, -0.2) is 4.39 Å². The van der Waals surface area contributed by atoms with Gasteiger partial charge in [0.2, 0.25) is 0 Å². The van der Waals surface area contributed by atoms with E-state index in [2.05, 4.69) is 0 Å². The molecule has 1 atom stereocenters. The Morgan fingerprint density at radius 1 is 1.38 bits per heavy atom. The highest BCUT2D eigenvalue weighted by molar-refractivity contribution is 5.21. The summed E-state index contributed by atoms with van der Waals surface area (Å²) >= 11 is 0. The third-order valence-corrected chi connectivity index (χ3v) is 2.34. The molecule has 0 aliphatic heterocycles. The van der Waals surface area contributed by atoms with E-state index in [1.165, 1.54) is 12.1 Å². The van der Waals surface area contributed by atoms with Crippen molar-refractivity contribution in [1.82, 2.24) is 0 Å². The van der Waals surface area contributed by atoms with Gasteiger partial charge in [0.15, 0.2) is 0 Å². The Bertz CT molecular complexity index is 311. The molecule has 1 rings (SSSR count). The van der Waals surface area contributed by atoms with Crippen LogP contribution in [0.4, 0.5) is 4.39 Å². The van der Waals surface area contributed by atoms with Crippen LogP contribution >= 0.6 is 0 Å². The number of hydrogen-bond acceptors (Lipinski definition) is 3. The zero-order valence-corrected chi connectivity index (χ0v) is 9.45. The molecule has 1 aromatic carbocycles. The maximum absolute atomic E-state index is 12.6. The largest absolute Gasteiger partial charge is 0.494 e. The third-order valence-electron chi connectivity index (χ3n) is 2.34. The lowest BCUT2D eigenvalue weighted by Gasteiger charge is -2.21. The van der Waals surface area contributed by atoms with E-state index in [1.54, 1.807) is 19.1 Å². The first-order valence-corrected chi connectivity index (χ1v) is 5.32. The molecule has 90 valence electrons. The molecule has 16 heavy (non-hydrogen) atoms. The van der Waals surface area contributed by atoms with Crippen LogP contribution in [-0.2, 0) is 0 Å². The highest BCUT2D eigenvalue weighted by atomic mass is 19.1. The van der Waals surface area contributed by atoms with Crippen molar-refractivity contribution in [2.75, 3.05) is 13.2 Å². The number of rotatable bonds is 6. The van der Waals surface area contributed by atoms with E-state index in [1.807, 2.05) is 0 Å². The first-order valence-electron chi connectivity index (χ1n) is 5.32. The van der Waals surface area contributed by atoms with Crippen LogP contribution in [0.1, 0.15) is 19.8 Å². The molecule has 0 amide bonds. The molecule has 4 heteroatoms. The zero-order chi connectivity index (χ0) is 12.0. The fraction of sp³-hybridized carbons (Fsp3) is 0.500. The molecule has 0 aromatic heterocycles. The molecule has 1 unspecified atom stereocenters. The topological polar surface area (TPSA) is 55.5 Å². The smallest absolute Gasteiger partial charge is 0.123 e. The highest BCUT2D eigenvalue weighted by Crippen LogP contribution is 2.13. The molecule has 0 saturated heterocycles. The number of hydrogen-bond donors (Lipinski definition) is 2. The Labute approximate surface area is 95.0 Å². The van der Waals surface area contributed by atoms with Gasteiger partial charge >= 0.3 is 0 Å². The van der Waals surface area contributed by atoms with Gasteiger partial charge in [0.25, 0.3) is 0 Å². The minimum absolute atomic E-state index is 0.0381. The fourth-order valence-electron chi connectivity index (χ4n) is 1.28. The van der Waals surface area contributed by atoms with Gasteiger partial charge in [0, 0.05) is 5.54 Å². The van der Waals surface area contributed by atoms with Crippen molar-refractivity contribution in [2.45, 2.75) is 25.3 Å². The lowest BCUT2D eigenvalue weighted by Crippen LogP contribution is -2.40. The van der Waals surface area contributed by atoms with Gasteiger partial charge in [0.1, 0.15) is 11.6 Å². The van der Waals surface area contributed by atoms with E-state index >= 15 is 0 Å². The van der Waals surface area contributed by atoms with Crippen molar-refractivity contribution in [3.05, 3.63) is 30.1 Å².